The summed E-state index contributed by atoms with van der Waals surface area (Å²) in [6.45, 7) is 2.04. The molecule has 0 aliphatic heterocycles. The van der Waals surface area contributed by atoms with Crippen LogP contribution < -0.4 is 5.32 Å². The van der Waals surface area contributed by atoms with Crippen LogP contribution in [0.1, 0.15) is 16.1 Å². The maximum atomic E-state index is 12.4. The molecule has 2 aromatic heterocycles. The highest BCUT2D eigenvalue weighted by molar-refractivity contribution is 6.05. The summed E-state index contributed by atoms with van der Waals surface area (Å²) in [7, 11) is 0. The second-order valence-corrected chi connectivity index (χ2v) is 5.71. The van der Waals surface area contributed by atoms with Crippen molar-refractivity contribution in [2.24, 2.45) is 0 Å². The Kier molecular flexibility index (Phi) is 3.39. The predicted octanol–water partition coefficient (Wildman–Crippen LogP) is 4.12. The lowest BCUT2D eigenvalue weighted by Gasteiger charge is -2.01. The van der Waals surface area contributed by atoms with Gasteiger partial charge in [0, 0.05) is 22.5 Å². The molecular formula is C19H16N4O. The van der Waals surface area contributed by atoms with Crippen molar-refractivity contribution in [2.45, 2.75) is 6.92 Å². The Morgan fingerprint density at radius 3 is 2.67 bits per heavy atom. The zero-order valence-corrected chi connectivity index (χ0v) is 13.1. The first-order valence-electron chi connectivity index (χ1n) is 7.71. The maximum Gasteiger partial charge on any atom is 0.273 e. The van der Waals surface area contributed by atoms with Crippen LogP contribution in [0.4, 0.5) is 5.82 Å². The molecule has 0 fully saturated rings. The molecule has 0 bridgehead atoms. The number of benzene rings is 2. The zero-order valence-electron chi connectivity index (χ0n) is 13.1. The molecule has 4 aromatic rings. The number of para-hydroxylation sites is 1. The highest BCUT2D eigenvalue weighted by Crippen LogP contribution is 2.23. The molecule has 3 N–H and O–H groups in total. The second kappa shape index (κ2) is 5.70. The zero-order chi connectivity index (χ0) is 16.5. The predicted molar refractivity (Wildman–Crippen MR) is 95.0 cm³/mol. The molecular weight excluding hydrogens is 300 g/mol. The first-order valence-corrected chi connectivity index (χ1v) is 7.71. The van der Waals surface area contributed by atoms with Crippen LogP contribution in [-0.4, -0.2) is 21.1 Å². The summed E-state index contributed by atoms with van der Waals surface area (Å²) in [4.78, 5) is 15.5. The highest BCUT2D eigenvalue weighted by atomic mass is 16.1. The number of carbonyl (C=O) groups excluding carboxylic acids is 1. The molecule has 0 spiro atoms. The van der Waals surface area contributed by atoms with Gasteiger partial charge in [0.25, 0.3) is 5.91 Å². The molecule has 0 saturated heterocycles. The van der Waals surface area contributed by atoms with Gasteiger partial charge < -0.3 is 10.3 Å². The lowest BCUT2D eigenvalue weighted by atomic mass is 10.1. The minimum Gasteiger partial charge on any atom is -0.351 e. The lowest BCUT2D eigenvalue weighted by molar-refractivity contribution is 0.102. The number of hydrogen-bond acceptors (Lipinski definition) is 2. The van der Waals surface area contributed by atoms with E-state index in [4.69, 9.17) is 0 Å². The van der Waals surface area contributed by atoms with Crippen molar-refractivity contribution in [1.82, 2.24) is 15.2 Å². The molecule has 0 radical (unpaired) electrons. The van der Waals surface area contributed by atoms with Crippen molar-refractivity contribution in [2.75, 3.05) is 5.32 Å². The summed E-state index contributed by atoms with van der Waals surface area (Å²) in [6, 6.07) is 19.5. The Labute approximate surface area is 138 Å². The van der Waals surface area contributed by atoms with Gasteiger partial charge in [-0.1, -0.05) is 42.5 Å². The smallest absolute Gasteiger partial charge is 0.273 e. The number of hydrogen-bond donors (Lipinski definition) is 3. The number of nitrogens with one attached hydrogen (secondary N) is 3. The maximum absolute atomic E-state index is 12.4. The van der Waals surface area contributed by atoms with Crippen LogP contribution in [0.5, 0.6) is 0 Å². The number of amides is 1. The van der Waals surface area contributed by atoms with Gasteiger partial charge in [-0.3, -0.25) is 9.89 Å². The molecule has 0 aliphatic rings. The second-order valence-electron chi connectivity index (χ2n) is 5.71. The third kappa shape index (κ3) is 2.56. The van der Waals surface area contributed by atoms with Gasteiger partial charge in [-0.05, 0) is 24.6 Å². The topological polar surface area (TPSA) is 73.6 Å². The van der Waals surface area contributed by atoms with Crippen molar-refractivity contribution in [3.8, 4) is 11.3 Å². The van der Waals surface area contributed by atoms with Crippen molar-refractivity contribution in [3.05, 3.63) is 71.9 Å². The minimum absolute atomic E-state index is 0.214. The van der Waals surface area contributed by atoms with E-state index < -0.39 is 0 Å². The van der Waals surface area contributed by atoms with Gasteiger partial charge in [0.1, 0.15) is 5.69 Å². The Bertz CT molecular complexity index is 995. The van der Waals surface area contributed by atoms with E-state index >= 15 is 0 Å². The molecule has 0 aliphatic carbocycles. The van der Waals surface area contributed by atoms with E-state index in [1.807, 2.05) is 67.6 Å². The fourth-order valence-corrected chi connectivity index (χ4v) is 2.78. The van der Waals surface area contributed by atoms with Crippen LogP contribution in [0.2, 0.25) is 0 Å². The Hall–Kier alpha value is -3.34. The minimum atomic E-state index is -0.214. The molecule has 0 saturated carbocycles. The number of anilines is 1. The molecule has 24 heavy (non-hydrogen) atoms. The standard InChI is InChI=1S/C19H16N4O/c1-12-6-2-4-8-14(12)16-11-18(23-22-16)21-19(24)17-10-13-7-3-5-9-15(13)20-17/h2-11,20H,1H3,(H2,21,22,23,24). The van der Waals surface area contributed by atoms with E-state index in [9.17, 15) is 4.79 Å². The summed E-state index contributed by atoms with van der Waals surface area (Å²) in [6.07, 6.45) is 0. The van der Waals surface area contributed by atoms with Gasteiger partial charge in [-0.15, -0.1) is 0 Å². The fourth-order valence-electron chi connectivity index (χ4n) is 2.78. The Balaban J connectivity index is 1.57. The van der Waals surface area contributed by atoms with Gasteiger partial charge in [0.05, 0.1) is 5.69 Å². The summed E-state index contributed by atoms with van der Waals surface area (Å²) in [5, 5.41) is 11.0. The van der Waals surface area contributed by atoms with E-state index in [0.717, 1.165) is 27.7 Å². The van der Waals surface area contributed by atoms with Gasteiger partial charge in [-0.25, -0.2) is 0 Å². The SMILES string of the molecule is Cc1ccccc1-c1cc(NC(=O)c2cc3ccccc3[nH]2)n[nH]1. The number of aromatic amines is 2. The number of fused-ring (bicyclic) bond motifs is 1. The van der Waals surface area contributed by atoms with E-state index in [1.54, 1.807) is 0 Å². The van der Waals surface area contributed by atoms with Gasteiger partial charge in [0.2, 0.25) is 0 Å². The molecule has 2 aromatic carbocycles. The van der Waals surface area contributed by atoms with Crippen LogP contribution in [0.15, 0.2) is 60.7 Å². The van der Waals surface area contributed by atoms with E-state index in [-0.39, 0.29) is 5.91 Å². The summed E-state index contributed by atoms with van der Waals surface area (Å²) in [5.74, 6) is 0.283. The molecule has 2 heterocycles. The van der Waals surface area contributed by atoms with Crippen LogP contribution in [0.25, 0.3) is 22.2 Å². The van der Waals surface area contributed by atoms with E-state index in [2.05, 4.69) is 20.5 Å². The Morgan fingerprint density at radius 1 is 1.04 bits per heavy atom. The number of carbonyl (C=O) groups is 1. The monoisotopic (exact) mass is 316 g/mol. The quantitative estimate of drug-likeness (QED) is 0.532. The number of H-pyrrole nitrogens is 2. The average Bonchev–Trinajstić information content (AvgIpc) is 3.22. The third-order valence-electron chi connectivity index (χ3n) is 4.03. The van der Waals surface area contributed by atoms with Crippen LogP contribution in [0, 0.1) is 6.92 Å². The number of aryl methyl sites for hydroxylation is 1. The van der Waals surface area contributed by atoms with Gasteiger partial charge in [-0.2, -0.15) is 5.10 Å². The summed E-state index contributed by atoms with van der Waals surface area (Å²) < 4.78 is 0. The molecule has 5 heteroatoms. The van der Waals surface area contributed by atoms with E-state index in [0.29, 0.717) is 11.5 Å². The van der Waals surface area contributed by atoms with Crippen LogP contribution in [-0.2, 0) is 0 Å². The summed E-state index contributed by atoms with van der Waals surface area (Å²) in [5.41, 5.74) is 4.53. The number of aromatic nitrogens is 3. The largest absolute Gasteiger partial charge is 0.351 e. The molecule has 1 amide bonds. The molecule has 5 nitrogen and oxygen atoms in total. The van der Waals surface area contributed by atoms with Crippen molar-refractivity contribution in [1.29, 1.82) is 0 Å². The Morgan fingerprint density at radius 2 is 1.83 bits per heavy atom. The van der Waals surface area contributed by atoms with Crippen molar-refractivity contribution >= 4 is 22.6 Å². The van der Waals surface area contributed by atoms with Crippen LogP contribution >= 0.6 is 0 Å². The van der Waals surface area contributed by atoms with Crippen molar-refractivity contribution in [3.63, 3.8) is 0 Å². The third-order valence-corrected chi connectivity index (χ3v) is 4.03. The normalized spacial score (nSPS) is 10.9. The molecule has 4 rings (SSSR count). The molecule has 118 valence electrons. The molecule has 0 unspecified atom stereocenters. The number of nitrogens with zero attached hydrogens (tertiary/aromatic N) is 1. The lowest BCUT2D eigenvalue weighted by Crippen LogP contribution is -2.12. The number of rotatable bonds is 3. The first-order chi connectivity index (χ1) is 11.7. The average molecular weight is 316 g/mol. The van der Waals surface area contributed by atoms with Crippen LogP contribution in [0.3, 0.4) is 0 Å². The van der Waals surface area contributed by atoms with E-state index in [1.165, 1.54) is 0 Å². The molecule has 0 atom stereocenters. The van der Waals surface area contributed by atoms with Crippen molar-refractivity contribution < 1.29 is 4.79 Å². The summed E-state index contributed by atoms with van der Waals surface area (Å²) >= 11 is 0. The fraction of sp³-hybridized carbons (Fsp3) is 0.0526. The van der Waals surface area contributed by atoms with Gasteiger partial charge >= 0.3 is 0 Å². The van der Waals surface area contributed by atoms with Gasteiger partial charge in [0.15, 0.2) is 5.82 Å². The highest BCUT2D eigenvalue weighted by Gasteiger charge is 2.12. The first kappa shape index (κ1) is 14.3.